The Labute approximate surface area is 361 Å². The first-order valence-corrected chi connectivity index (χ1v) is 21.1. The zero-order valence-electron chi connectivity index (χ0n) is 33.7. The number of hydrogen-bond donors (Lipinski definition) is 0. The summed E-state index contributed by atoms with van der Waals surface area (Å²) in [6.45, 7) is 0. The van der Waals surface area contributed by atoms with Crippen molar-refractivity contribution in [2.45, 2.75) is 0 Å². The van der Waals surface area contributed by atoms with E-state index in [9.17, 15) is 0 Å². The summed E-state index contributed by atoms with van der Waals surface area (Å²) < 4.78 is 15.4. The van der Waals surface area contributed by atoms with Crippen molar-refractivity contribution in [3.63, 3.8) is 0 Å². The van der Waals surface area contributed by atoms with E-state index >= 15 is 0 Å². The predicted octanol–water partition coefficient (Wildman–Crippen LogP) is 15.1. The summed E-state index contributed by atoms with van der Waals surface area (Å²) in [5.41, 5.74) is 13.6. The van der Waals surface area contributed by atoms with Gasteiger partial charge in [0.15, 0.2) is 17.5 Å². The van der Waals surface area contributed by atoms with Crippen LogP contribution >= 0.6 is 0 Å². The number of aromatic nitrogens is 4. The molecule has 9 aromatic carbocycles. The summed E-state index contributed by atoms with van der Waals surface area (Å²) in [5.74, 6) is 1.76. The minimum atomic E-state index is 0.568. The fourth-order valence-electron chi connectivity index (χ4n) is 9.37. The van der Waals surface area contributed by atoms with Gasteiger partial charge in [-0.15, -0.1) is 0 Å². The van der Waals surface area contributed by atoms with Gasteiger partial charge in [-0.05, 0) is 95.1 Å². The van der Waals surface area contributed by atoms with Gasteiger partial charge in [0.2, 0.25) is 0 Å². The fraction of sp³-hybridized carbons (Fsp3) is 0. The molecule has 294 valence electrons. The molecule has 0 unspecified atom stereocenters. The van der Waals surface area contributed by atoms with E-state index in [0.717, 1.165) is 110 Å². The van der Waals surface area contributed by atoms with Gasteiger partial charge in [-0.2, -0.15) is 0 Å². The SMILES string of the molecule is c1ccc(-c2cc(-c3ccc4oc5cccc(-c6nc(-c7ccccc7)nc(-c7ccc8c(c7)c7ccccc7n8-c7ccccc7)n6)c5c4c3)c3c(c2)oc2ccccc23)cc1. The topological polar surface area (TPSA) is 69.9 Å². The molecule has 0 fully saturated rings. The smallest absolute Gasteiger partial charge is 0.164 e. The van der Waals surface area contributed by atoms with Crippen LogP contribution in [0.25, 0.3) is 128 Å². The van der Waals surface area contributed by atoms with Crippen LogP contribution in [0, 0.1) is 0 Å². The van der Waals surface area contributed by atoms with Crippen LogP contribution < -0.4 is 0 Å². The molecule has 6 heteroatoms. The van der Waals surface area contributed by atoms with Crippen LogP contribution in [0.2, 0.25) is 0 Å². The van der Waals surface area contributed by atoms with Crippen LogP contribution in [0.3, 0.4) is 0 Å². The molecule has 0 saturated heterocycles. The maximum absolute atomic E-state index is 6.61. The maximum atomic E-state index is 6.61. The predicted molar refractivity (Wildman–Crippen MR) is 256 cm³/mol. The van der Waals surface area contributed by atoms with Gasteiger partial charge < -0.3 is 13.4 Å². The minimum absolute atomic E-state index is 0.568. The summed E-state index contributed by atoms with van der Waals surface area (Å²) in [6.07, 6.45) is 0. The second-order valence-corrected chi connectivity index (χ2v) is 15.9. The van der Waals surface area contributed by atoms with E-state index in [4.69, 9.17) is 23.8 Å². The van der Waals surface area contributed by atoms with Crippen LogP contribution in [-0.2, 0) is 0 Å². The first kappa shape index (κ1) is 35.2. The second kappa shape index (κ2) is 14.0. The number of furan rings is 2. The monoisotopic (exact) mass is 806 g/mol. The van der Waals surface area contributed by atoms with E-state index in [1.54, 1.807) is 0 Å². The highest BCUT2D eigenvalue weighted by atomic mass is 16.3. The van der Waals surface area contributed by atoms with Gasteiger partial charge in [-0.1, -0.05) is 133 Å². The summed E-state index contributed by atoms with van der Waals surface area (Å²) in [6, 6.07) is 71.5. The number of benzene rings is 9. The van der Waals surface area contributed by atoms with E-state index in [2.05, 4.69) is 150 Å². The number of para-hydroxylation sites is 3. The lowest BCUT2D eigenvalue weighted by molar-refractivity contribution is 0.669. The van der Waals surface area contributed by atoms with Gasteiger partial charge in [0.25, 0.3) is 0 Å². The highest BCUT2D eigenvalue weighted by Crippen LogP contribution is 2.43. The quantitative estimate of drug-likeness (QED) is 0.167. The Hall–Kier alpha value is -8.61. The van der Waals surface area contributed by atoms with Crippen LogP contribution in [0.15, 0.2) is 215 Å². The Balaban J connectivity index is 1.02. The summed E-state index contributed by atoms with van der Waals surface area (Å²) >= 11 is 0. The molecule has 0 aliphatic heterocycles. The van der Waals surface area contributed by atoms with Crippen LogP contribution in [0.4, 0.5) is 0 Å². The third-order valence-corrected chi connectivity index (χ3v) is 12.2. The van der Waals surface area contributed by atoms with Crippen molar-refractivity contribution >= 4 is 65.7 Å². The molecule has 0 N–H and O–H groups in total. The van der Waals surface area contributed by atoms with E-state index in [1.807, 2.05) is 60.7 Å². The van der Waals surface area contributed by atoms with Crippen molar-refractivity contribution in [3.8, 4) is 62.1 Å². The molecule has 0 aliphatic carbocycles. The molecule has 4 heterocycles. The van der Waals surface area contributed by atoms with Crippen molar-refractivity contribution in [1.82, 2.24) is 19.5 Å². The van der Waals surface area contributed by atoms with Crippen LogP contribution in [-0.4, -0.2) is 19.5 Å². The van der Waals surface area contributed by atoms with Crippen molar-refractivity contribution < 1.29 is 8.83 Å². The molecule has 0 spiro atoms. The van der Waals surface area contributed by atoms with Crippen LogP contribution in [0.1, 0.15) is 0 Å². The third kappa shape index (κ3) is 5.69. The molecular formula is C57H34N4O2. The molecule has 63 heavy (non-hydrogen) atoms. The van der Waals surface area contributed by atoms with E-state index in [-0.39, 0.29) is 0 Å². The average molecular weight is 807 g/mol. The number of nitrogens with zero attached hydrogens (tertiary/aromatic N) is 4. The van der Waals surface area contributed by atoms with Gasteiger partial charge in [-0.25, -0.2) is 15.0 Å². The standard InChI is InChI=1S/C57H34N4O2/c1-4-15-35(16-5-1)39-33-44(53-42-22-11-13-25-49(42)63-52(53)34-39)37-28-30-50-46(31-37)54-43(23-14-26-51(54)62-50)57-59-55(36-17-6-2-7-18-36)58-56(60-57)38-27-29-48-45(32-38)41-21-10-12-24-47(41)61(48)40-19-8-3-9-20-40/h1-34H. The fourth-order valence-corrected chi connectivity index (χ4v) is 9.37. The second-order valence-electron chi connectivity index (χ2n) is 15.9. The highest BCUT2D eigenvalue weighted by molar-refractivity contribution is 6.17. The Kier molecular flexibility index (Phi) is 7.80. The van der Waals surface area contributed by atoms with Crippen molar-refractivity contribution in [1.29, 1.82) is 0 Å². The molecule has 0 bridgehead atoms. The molecule has 4 aromatic heterocycles. The van der Waals surface area contributed by atoms with E-state index in [1.165, 1.54) is 0 Å². The van der Waals surface area contributed by atoms with Crippen LogP contribution in [0.5, 0.6) is 0 Å². The van der Waals surface area contributed by atoms with Gasteiger partial charge in [0.1, 0.15) is 22.3 Å². The van der Waals surface area contributed by atoms with Gasteiger partial charge >= 0.3 is 0 Å². The largest absolute Gasteiger partial charge is 0.456 e. The summed E-state index contributed by atoms with van der Waals surface area (Å²) in [7, 11) is 0. The maximum Gasteiger partial charge on any atom is 0.164 e. The minimum Gasteiger partial charge on any atom is -0.456 e. The van der Waals surface area contributed by atoms with Crippen molar-refractivity contribution in [2.24, 2.45) is 0 Å². The summed E-state index contributed by atoms with van der Waals surface area (Å²) in [5, 5.41) is 6.37. The molecule has 13 aromatic rings. The number of hydrogen-bond acceptors (Lipinski definition) is 5. The van der Waals surface area contributed by atoms with Crippen molar-refractivity contribution in [3.05, 3.63) is 206 Å². The van der Waals surface area contributed by atoms with Gasteiger partial charge in [0.05, 0.1) is 11.0 Å². The molecule has 0 atom stereocenters. The molecule has 6 nitrogen and oxygen atoms in total. The Morgan fingerprint density at radius 2 is 0.889 bits per heavy atom. The molecular weight excluding hydrogens is 773 g/mol. The van der Waals surface area contributed by atoms with Crippen molar-refractivity contribution in [2.75, 3.05) is 0 Å². The Bertz CT molecular complexity index is 3900. The van der Waals surface area contributed by atoms with E-state index in [0.29, 0.717) is 17.5 Å². The van der Waals surface area contributed by atoms with Gasteiger partial charge in [-0.3, -0.25) is 0 Å². The zero-order chi connectivity index (χ0) is 41.4. The molecule has 0 amide bonds. The van der Waals surface area contributed by atoms with E-state index < -0.39 is 0 Å². The number of fused-ring (bicyclic) bond motifs is 9. The highest BCUT2D eigenvalue weighted by Gasteiger charge is 2.21. The molecule has 0 aliphatic rings. The molecule has 13 rings (SSSR count). The lowest BCUT2D eigenvalue weighted by Crippen LogP contribution is -2.00. The first-order chi connectivity index (χ1) is 31.2. The Morgan fingerprint density at radius 3 is 1.71 bits per heavy atom. The molecule has 0 radical (unpaired) electrons. The zero-order valence-corrected chi connectivity index (χ0v) is 33.7. The Morgan fingerprint density at radius 1 is 0.302 bits per heavy atom. The number of rotatable bonds is 6. The van der Waals surface area contributed by atoms with Gasteiger partial charge in [0, 0.05) is 54.7 Å². The lowest BCUT2D eigenvalue weighted by Gasteiger charge is -2.11. The first-order valence-electron chi connectivity index (χ1n) is 21.1. The normalized spacial score (nSPS) is 11.8. The third-order valence-electron chi connectivity index (χ3n) is 12.2. The molecule has 0 saturated carbocycles. The average Bonchev–Trinajstić information content (AvgIpc) is 4.03. The lowest BCUT2D eigenvalue weighted by atomic mass is 9.93. The summed E-state index contributed by atoms with van der Waals surface area (Å²) in [4.78, 5) is 15.7.